The van der Waals surface area contributed by atoms with Gasteiger partial charge in [0.25, 0.3) is 0 Å². The van der Waals surface area contributed by atoms with Gasteiger partial charge in [0.05, 0.1) is 0 Å². The Hall–Kier alpha value is -1.69. The molecule has 0 aliphatic heterocycles. The Kier molecular flexibility index (Phi) is 5.35. The van der Waals surface area contributed by atoms with E-state index >= 15 is 0 Å². The number of aliphatic hydroxyl groups is 1. The predicted molar refractivity (Wildman–Crippen MR) is 63.0 cm³/mol. The zero-order valence-corrected chi connectivity index (χ0v) is 9.76. The lowest BCUT2D eigenvalue weighted by Gasteiger charge is -2.14. The van der Waals surface area contributed by atoms with Crippen LogP contribution in [0.25, 0.3) is 0 Å². The predicted octanol–water partition coefficient (Wildman–Crippen LogP) is 0.995. The zero-order valence-electron chi connectivity index (χ0n) is 9.76. The van der Waals surface area contributed by atoms with Crippen molar-refractivity contribution in [2.75, 3.05) is 18.5 Å². The van der Waals surface area contributed by atoms with E-state index < -0.39 is 5.97 Å². The summed E-state index contributed by atoms with van der Waals surface area (Å²) in [5, 5.41) is 20.6. The van der Waals surface area contributed by atoms with E-state index in [2.05, 4.69) is 15.3 Å². The molecular weight excluding hydrogens is 222 g/mol. The number of nitrogens with one attached hydrogen (secondary N) is 1. The normalized spacial score (nSPS) is 12.1. The average molecular weight is 239 g/mol. The Morgan fingerprint density at radius 1 is 1.59 bits per heavy atom. The molecule has 0 saturated carbocycles. The fraction of sp³-hybridized carbons (Fsp3) is 0.545. The van der Waals surface area contributed by atoms with Gasteiger partial charge in [-0.3, -0.25) is 0 Å². The number of aromatic carboxylic acids is 1. The Labute approximate surface area is 99.7 Å². The van der Waals surface area contributed by atoms with Crippen LogP contribution in [0.2, 0.25) is 0 Å². The van der Waals surface area contributed by atoms with Gasteiger partial charge in [-0.1, -0.05) is 13.3 Å². The molecule has 94 valence electrons. The van der Waals surface area contributed by atoms with Crippen molar-refractivity contribution in [3.8, 4) is 0 Å². The lowest BCUT2D eigenvalue weighted by Crippen LogP contribution is -2.17. The van der Waals surface area contributed by atoms with Crippen molar-refractivity contribution < 1.29 is 15.0 Å². The highest BCUT2D eigenvalue weighted by molar-refractivity contribution is 5.85. The van der Waals surface area contributed by atoms with E-state index in [1.165, 1.54) is 12.3 Å². The van der Waals surface area contributed by atoms with Gasteiger partial charge >= 0.3 is 5.97 Å². The van der Waals surface area contributed by atoms with Gasteiger partial charge in [-0.05, 0) is 18.4 Å². The summed E-state index contributed by atoms with van der Waals surface area (Å²) in [6.07, 6.45) is 3.06. The fourth-order valence-corrected chi connectivity index (χ4v) is 1.43. The minimum absolute atomic E-state index is 0.0299. The van der Waals surface area contributed by atoms with Crippen molar-refractivity contribution in [1.29, 1.82) is 0 Å². The molecule has 6 heteroatoms. The van der Waals surface area contributed by atoms with Gasteiger partial charge in [-0.2, -0.15) is 0 Å². The quantitative estimate of drug-likeness (QED) is 0.657. The molecule has 1 unspecified atom stereocenters. The van der Waals surface area contributed by atoms with E-state index in [-0.39, 0.29) is 12.3 Å². The first-order chi connectivity index (χ1) is 8.17. The molecule has 3 N–H and O–H groups in total. The molecule has 1 rings (SSSR count). The number of aromatic nitrogens is 2. The van der Waals surface area contributed by atoms with Gasteiger partial charge in [0.15, 0.2) is 5.69 Å². The molecular formula is C11H17N3O3. The molecule has 0 bridgehead atoms. The Morgan fingerprint density at radius 2 is 2.35 bits per heavy atom. The van der Waals surface area contributed by atoms with Gasteiger partial charge in [0.2, 0.25) is 5.95 Å². The Morgan fingerprint density at radius 3 is 2.94 bits per heavy atom. The van der Waals surface area contributed by atoms with Crippen LogP contribution < -0.4 is 5.32 Å². The molecule has 0 spiro atoms. The van der Waals surface area contributed by atoms with E-state index in [4.69, 9.17) is 10.2 Å². The first kappa shape index (κ1) is 13.4. The molecule has 1 aromatic heterocycles. The smallest absolute Gasteiger partial charge is 0.354 e. The van der Waals surface area contributed by atoms with Crippen LogP contribution in [0.5, 0.6) is 0 Å². The van der Waals surface area contributed by atoms with Crippen molar-refractivity contribution in [3.05, 3.63) is 18.0 Å². The van der Waals surface area contributed by atoms with E-state index in [1.54, 1.807) is 0 Å². The third kappa shape index (κ3) is 4.36. The zero-order chi connectivity index (χ0) is 12.7. The van der Waals surface area contributed by atoms with Gasteiger partial charge in [0.1, 0.15) is 0 Å². The number of carbonyl (C=O) groups is 1. The molecule has 0 aromatic carbocycles. The Bertz CT molecular complexity index is 371. The second kappa shape index (κ2) is 6.80. The topological polar surface area (TPSA) is 95.3 Å². The van der Waals surface area contributed by atoms with Crippen LogP contribution in [0.1, 0.15) is 30.3 Å². The number of aliphatic hydroxyl groups excluding tert-OH is 1. The molecule has 0 fully saturated rings. The summed E-state index contributed by atoms with van der Waals surface area (Å²) in [5.41, 5.74) is -0.0299. The standard InChI is InChI=1S/C11H17N3O3/c1-2-8(4-6-15)7-13-11-12-5-3-9(14-11)10(16)17/h3,5,8,15H,2,4,6-7H2,1H3,(H,16,17)(H,12,13,14). The summed E-state index contributed by atoms with van der Waals surface area (Å²) in [5.74, 6) is -0.434. The van der Waals surface area contributed by atoms with Crippen molar-refractivity contribution in [1.82, 2.24) is 9.97 Å². The molecule has 0 aliphatic carbocycles. The number of carboxylic acid groups (broad SMARTS) is 1. The molecule has 0 saturated heterocycles. The largest absolute Gasteiger partial charge is 0.477 e. The number of rotatable bonds is 7. The third-order valence-electron chi connectivity index (χ3n) is 2.54. The fourth-order valence-electron chi connectivity index (χ4n) is 1.43. The van der Waals surface area contributed by atoms with E-state index in [1.807, 2.05) is 6.92 Å². The molecule has 17 heavy (non-hydrogen) atoms. The van der Waals surface area contributed by atoms with Crippen molar-refractivity contribution in [3.63, 3.8) is 0 Å². The summed E-state index contributed by atoms with van der Waals surface area (Å²) in [6.45, 7) is 2.81. The lowest BCUT2D eigenvalue weighted by molar-refractivity contribution is 0.0690. The molecule has 0 radical (unpaired) electrons. The maximum absolute atomic E-state index is 10.7. The minimum Gasteiger partial charge on any atom is -0.477 e. The highest BCUT2D eigenvalue weighted by atomic mass is 16.4. The number of carboxylic acids is 1. The molecule has 1 aromatic rings. The summed E-state index contributed by atoms with van der Waals surface area (Å²) in [6, 6.07) is 1.35. The van der Waals surface area contributed by atoms with Crippen LogP contribution >= 0.6 is 0 Å². The number of hydrogen-bond acceptors (Lipinski definition) is 5. The Balaban J connectivity index is 2.56. The highest BCUT2D eigenvalue weighted by Crippen LogP contribution is 2.09. The van der Waals surface area contributed by atoms with Gasteiger partial charge in [0, 0.05) is 19.3 Å². The maximum Gasteiger partial charge on any atom is 0.354 e. The monoisotopic (exact) mass is 239 g/mol. The molecule has 1 atom stereocenters. The average Bonchev–Trinajstić information content (AvgIpc) is 2.34. The molecule has 6 nitrogen and oxygen atoms in total. The van der Waals surface area contributed by atoms with Crippen LogP contribution in [0.4, 0.5) is 5.95 Å². The van der Waals surface area contributed by atoms with Gasteiger partial charge in [-0.15, -0.1) is 0 Å². The number of anilines is 1. The van der Waals surface area contributed by atoms with Gasteiger partial charge in [-0.25, -0.2) is 14.8 Å². The number of nitrogens with zero attached hydrogens (tertiary/aromatic N) is 2. The summed E-state index contributed by atoms with van der Waals surface area (Å²) >= 11 is 0. The lowest BCUT2D eigenvalue weighted by atomic mass is 10.0. The van der Waals surface area contributed by atoms with Gasteiger partial charge < -0.3 is 15.5 Å². The van der Waals surface area contributed by atoms with E-state index in [9.17, 15) is 4.79 Å². The SMILES string of the molecule is CCC(CCO)CNc1nccc(C(=O)O)n1. The first-order valence-corrected chi connectivity index (χ1v) is 5.58. The van der Waals surface area contributed by atoms with Crippen LogP contribution in [0.15, 0.2) is 12.3 Å². The van der Waals surface area contributed by atoms with E-state index in [0.29, 0.717) is 24.8 Å². The van der Waals surface area contributed by atoms with Crippen molar-refractivity contribution in [2.24, 2.45) is 5.92 Å². The summed E-state index contributed by atoms with van der Waals surface area (Å²) < 4.78 is 0. The second-order valence-corrected chi connectivity index (χ2v) is 3.74. The van der Waals surface area contributed by atoms with Crippen molar-refractivity contribution in [2.45, 2.75) is 19.8 Å². The van der Waals surface area contributed by atoms with Crippen LogP contribution in [-0.2, 0) is 0 Å². The number of hydrogen-bond donors (Lipinski definition) is 3. The molecule has 1 heterocycles. The first-order valence-electron chi connectivity index (χ1n) is 5.58. The van der Waals surface area contributed by atoms with Crippen molar-refractivity contribution >= 4 is 11.9 Å². The molecule has 0 aliphatic rings. The van der Waals surface area contributed by atoms with Crippen LogP contribution in [0, 0.1) is 5.92 Å². The highest BCUT2D eigenvalue weighted by Gasteiger charge is 2.08. The second-order valence-electron chi connectivity index (χ2n) is 3.74. The van der Waals surface area contributed by atoms with E-state index in [0.717, 1.165) is 6.42 Å². The maximum atomic E-state index is 10.7. The summed E-state index contributed by atoms with van der Waals surface area (Å²) in [4.78, 5) is 18.5. The minimum atomic E-state index is -1.07. The summed E-state index contributed by atoms with van der Waals surface area (Å²) in [7, 11) is 0. The molecule has 0 amide bonds. The third-order valence-corrected chi connectivity index (χ3v) is 2.54. The van der Waals surface area contributed by atoms with Crippen LogP contribution in [0.3, 0.4) is 0 Å². The van der Waals surface area contributed by atoms with Crippen LogP contribution in [-0.4, -0.2) is 39.3 Å².